The second-order valence-corrected chi connectivity index (χ2v) is 5.58. The number of hydrogen-bond donors (Lipinski definition) is 1. The van der Waals surface area contributed by atoms with Gasteiger partial charge < -0.3 is 0 Å². The number of hydrogen-bond acceptors (Lipinski definition) is 2. The Bertz CT molecular complexity index is 264. The first-order valence-corrected chi connectivity index (χ1v) is 6.52. The topological polar surface area (TPSA) is 12.0 Å². The summed E-state index contributed by atoms with van der Waals surface area (Å²) in [4.78, 5) is 0. The van der Waals surface area contributed by atoms with Gasteiger partial charge in [-0.15, -0.1) is 0 Å². The summed E-state index contributed by atoms with van der Waals surface area (Å²) in [6, 6.07) is 0. The quantitative estimate of drug-likeness (QED) is 0.454. The standard InChI is InChI=1S/C11H16F3NS/c12-11(13,14)16-15-5-1-2-9-6-8-3-4-10(9)7-8/h3-4,8-10,15H,1-2,5-7H2. The average molecular weight is 251 g/mol. The van der Waals surface area contributed by atoms with E-state index in [4.69, 9.17) is 0 Å². The number of rotatable bonds is 5. The van der Waals surface area contributed by atoms with Crippen LogP contribution in [0.3, 0.4) is 0 Å². The van der Waals surface area contributed by atoms with Gasteiger partial charge in [0, 0.05) is 18.5 Å². The number of fused-ring (bicyclic) bond motifs is 2. The summed E-state index contributed by atoms with van der Waals surface area (Å²) in [6.07, 6.45) is 8.99. The summed E-state index contributed by atoms with van der Waals surface area (Å²) >= 11 is -0.133. The first-order chi connectivity index (χ1) is 7.54. The van der Waals surface area contributed by atoms with Gasteiger partial charge in [0.15, 0.2) is 0 Å². The van der Waals surface area contributed by atoms with E-state index in [1.54, 1.807) is 0 Å². The molecule has 0 aromatic heterocycles. The predicted octanol–water partition coefficient (Wildman–Crippen LogP) is 3.74. The zero-order valence-electron chi connectivity index (χ0n) is 8.96. The number of alkyl halides is 3. The summed E-state index contributed by atoms with van der Waals surface area (Å²) in [6.45, 7) is 0.446. The van der Waals surface area contributed by atoms with E-state index in [1.165, 1.54) is 12.8 Å². The Hall–Kier alpha value is -0.160. The molecule has 0 aromatic rings. The van der Waals surface area contributed by atoms with Crippen LogP contribution in [0, 0.1) is 17.8 Å². The molecule has 1 N–H and O–H groups in total. The molecular weight excluding hydrogens is 235 g/mol. The summed E-state index contributed by atoms with van der Waals surface area (Å²) in [5.41, 5.74) is -4.16. The molecule has 3 unspecified atom stereocenters. The van der Waals surface area contributed by atoms with Crippen LogP contribution in [-0.4, -0.2) is 12.1 Å². The van der Waals surface area contributed by atoms with Gasteiger partial charge in [0.1, 0.15) is 0 Å². The molecule has 1 fully saturated rings. The van der Waals surface area contributed by atoms with Crippen molar-refractivity contribution in [2.75, 3.05) is 6.54 Å². The van der Waals surface area contributed by atoms with Gasteiger partial charge in [0.2, 0.25) is 0 Å². The van der Waals surface area contributed by atoms with Crippen LogP contribution < -0.4 is 4.72 Å². The van der Waals surface area contributed by atoms with Gasteiger partial charge in [-0.2, -0.15) is 13.2 Å². The van der Waals surface area contributed by atoms with Crippen LogP contribution >= 0.6 is 11.9 Å². The molecule has 2 aliphatic rings. The molecular formula is C11H16F3NS. The molecule has 0 saturated heterocycles. The van der Waals surface area contributed by atoms with E-state index in [9.17, 15) is 13.2 Å². The van der Waals surface area contributed by atoms with Crippen molar-refractivity contribution in [1.82, 2.24) is 4.72 Å². The molecule has 0 radical (unpaired) electrons. The molecule has 16 heavy (non-hydrogen) atoms. The fraction of sp³-hybridized carbons (Fsp3) is 0.818. The first-order valence-electron chi connectivity index (χ1n) is 5.70. The summed E-state index contributed by atoms with van der Waals surface area (Å²) < 4.78 is 37.8. The van der Waals surface area contributed by atoms with E-state index in [0.29, 0.717) is 18.4 Å². The van der Waals surface area contributed by atoms with E-state index in [0.717, 1.165) is 18.8 Å². The predicted molar refractivity (Wildman–Crippen MR) is 59.7 cm³/mol. The molecule has 1 nitrogen and oxygen atoms in total. The Morgan fingerprint density at radius 2 is 2.06 bits per heavy atom. The lowest BCUT2D eigenvalue weighted by Gasteiger charge is -2.17. The fourth-order valence-corrected chi connectivity index (χ4v) is 3.21. The van der Waals surface area contributed by atoms with Gasteiger partial charge in [-0.3, -0.25) is 4.72 Å². The lowest BCUT2D eigenvalue weighted by atomic mass is 9.89. The van der Waals surface area contributed by atoms with Crippen molar-refractivity contribution in [2.45, 2.75) is 31.2 Å². The van der Waals surface area contributed by atoms with Crippen molar-refractivity contribution in [3.8, 4) is 0 Å². The number of nitrogens with one attached hydrogen (secondary N) is 1. The van der Waals surface area contributed by atoms with Gasteiger partial charge in [-0.05, 0) is 43.4 Å². The molecule has 5 heteroatoms. The summed E-state index contributed by atoms with van der Waals surface area (Å²) in [5, 5.41) is 0. The lowest BCUT2D eigenvalue weighted by Crippen LogP contribution is -2.16. The second kappa shape index (κ2) is 5.00. The van der Waals surface area contributed by atoms with Crippen LogP contribution in [-0.2, 0) is 0 Å². The minimum Gasteiger partial charge on any atom is -0.257 e. The van der Waals surface area contributed by atoms with Crippen LogP contribution in [0.25, 0.3) is 0 Å². The molecule has 2 aliphatic carbocycles. The number of halogens is 3. The fourth-order valence-electron chi connectivity index (χ4n) is 2.80. The lowest BCUT2D eigenvalue weighted by molar-refractivity contribution is -0.0335. The maximum Gasteiger partial charge on any atom is 0.456 e. The first kappa shape index (κ1) is 12.3. The molecule has 2 rings (SSSR count). The highest BCUT2D eigenvalue weighted by atomic mass is 32.2. The zero-order valence-corrected chi connectivity index (χ0v) is 9.78. The molecule has 0 aromatic carbocycles. The largest absolute Gasteiger partial charge is 0.456 e. The zero-order chi connectivity index (χ0) is 11.6. The van der Waals surface area contributed by atoms with Crippen molar-refractivity contribution < 1.29 is 13.2 Å². The van der Waals surface area contributed by atoms with Crippen LogP contribution in [0.15, 0.2) is 12.2 Å². The van der Waals surface area contributed by atoms with E-state index < -0.39 is 5.51 Å². The molecule has 1 saturated carbocycles. The third kappa shape index (κ3) is 3.42. The van der Waals surface area contributed by atoms with Crippen molar-refractivity contribution in [3.63, 3.8) is 0 Å². The second-order valence-electron chi connectivity index (χ2n) is 4.62. The molecule has 0 heterocycles. The molecule has 0 spiro atoms. The van der Waals surface area contributed by atoms with Crippen LogP contribution in [0.4, 0.5) is 13.2 Å². The minimum absolute atomic E-state index is 0.133. The Kier molecular flexibility index (Phi) is 3.85. The molecule has 92 valence electrons. The molecule has 2 bridgehead atoms. The average Bonchev–Trinajstić information content (AvgIpc) is 2.76. The van der Waals surface area contributed by atoms with Crippen molar-refractivity contribution in [2.24, 2.45) is 17.8 Å². The summed E-state index contributed by atoms with van der Waals surface area (Å²) in [7, 11) is 0. The van der Waals surface area contributed by atoms with Gasteiger partial charge >= 0.3 is 5.51 Å². The highest BCUT2D eigenvalue weighted by Gasteiger charge is 2.34. The van der Waals surface area contributed by atoms with E-state index in [2.05, 4.69) is 16.9 Å². The Morgan fingerprint density at radius 3 is 2.62 bits per heavy atom. The Labute approximate surface area is 98.0 Å². The van der Waals surface area contributed by atoms with E-state index in [1.807, 2.05) is 0 Å². The van der Waals surface area contributed by atoms with Crippen LogP contribution in [0.1, 0.15) is 25.7 Å². The summed E-state index contributed by atoms with van der Waals surface area (Å²) in [5.74, 6) is 2.18. The Morgan fingerprint density at radius 1 is 1.25 bits per heavy atom. The smallest absolute Gasteiger partial charge is 0.257 e. The molecule has 0 aliphatic heterocycles. The van der Waals surface area contributed by atoms with Gasteiger partial charge in [-0.25, -0.2) is 0 Å². The van der Waals surface area contributed by atoms with Crippen molar-refractivity contribution in [1.29, 1.82) is 0 Å². The maximum atomic E-state index is 11.8. The highest BCUT2D eigenvalue weighted by Crippen LogP contribution is 2.45. The monoisotopic (exact) mass is 251 g/mol. The van der Waals surface area contributed by atoms with Gasteiger partial charge in [-0.1, -0.05) is 12.2 Å². The molecule has 0 amide bonds. The van der Waals surface area contributed by atoms with Gasteiger partial charge in [0.05, 0.1) is 0 Å². The maximum absolute atomic E-state index is 11.8. The normalized spacial score (nSPS) is 32.6. The van der Waals surface area contributed by atoms with E-state index in [-0.39, 0.29) is 11.9 Å². The SMILES string of the molecule is FC(F)(F)SNCCCC1CC2C=CC1C2. The van der Waals surface area contributed by atoms with Gasteiger partial charge in [0.25, 0.3) is 0 Å². The third-order valence-electron chi connectivity index (χ3n) is 3.46. The minimum atomic E-state index is -4.16. The van der Waals surface area contributed by atoms with E-state index >= 15 is 0 Å². The van der Waals surface area contributed by atoms with Crippen molar-refractivity contribution >= 4 is 11.9 Å². The van der Waals surface area contributed by atoms with Crippen LogP contribution in [0.2, 0.25) is 0 Å². The highest BCUT2D eigenvalue weighted by molar-refractivity contribution is 7.98. The van der Waals surface area contributed by atoms with Crippen molar-refractivity contribution in [3.05, 3.63) is 12.2 Å². The third-order valence-corrected chi connectivity index (χ3v) is 4.04. The van der Waals surface area contributed by atoms with Crippen LogP contribution in [0.5, 0.6) is 0 Å². The Balaban J connectivity index is 1.54. The molecule has 3 atom stereocenters. The number of allylic oxidation sites excluding steroid dienone is 2.